The van der Waals surface area contributed by atoms with Gasteiger partial charge in [0.15, 0.2) is 11.5 Å². The van der Waals surface area contributed by atoms with E-state index in [-0.39, 0.29) is 12.2 Å². The maximum absolute atomic E-state index is 6.05. The van der Waals surface area contributed by atoms with Gasteiger partial charge in [-0.25, -0.2) is 0 Å². The molecule has 0 amide bonds. The normalized spacial score (nSPS) is 23.1. The molecule has 3 heterocycles. The summed E-state index contributed by atoms with van der Waals surface area (Å²) >= 11 is 0. The lowest BCUT2D eigenvalue weighted by molar-refractivity contribution is 0.173. The van der Waals surface area contributed by atoms with Crippen LogP contribution in [0.3, 0.4) is 0 Å². The van der Waals surface area contributed by atoms with Crippen LogP contribution in [0.5, 0.6) is 17.2 Å². The Labute approximate surface area is 134 Å². The number of fused-ring (bicyclic) bond motifs is 5. The Morgan fingerprint density at radius 1 is 1.00 bits per heavy atom. The second kappa shape index (κ2) is 4.55. The summed E-state index contributed by atoms with van der Waals surface area (Å²) in [6, 6.07) is 12.6. The lowest BCUT2D eigenvalue weighted by Gasteiger charge is -2.25. The number of nitrogens with zero attached hydrogens (tertiary/aromatic N) is 1. The van der Waals surface area contributed by atoms with E-state index in [9.17, 15) is 0 Å². The molecule has 1 atom stereocenters. The first-order valence-electron chi connectivity index (χ1n) is 7.93. The van der Waals surface area contributed by atoms with Gasteiger partial charge in [0, 0.05) is 37.0 Å². The van der Waals surface area contributed by atoms with E-state index in [1.807, 2.05) is 6.07 Å². The highest BCUT2D eigenvalue weighted by atomic mass is 16.7. The summed E-state index contributed by atoms with van der Waals surface area (Å²) in [7, 11) is 0. The molecule has 23 heavy (non-hydrogen) atoms. The molecular formula is C18H18N2O3. The first-order valence-corrected chi connectivity index (χ1v) is 7.93. The van der Waals surface area contributed by atoms with Gasteiger partial charge in [0.2, 0.25) is 6.79 Å². The van der Waals surface area contributed by atoms with Crippen LogP contribution < -0.4 is 24.8 Å². The molecule has 0 fully saturated rings. The maximum atomic E-state index is 6.05. The van der Waals surface area contributed by atoms with Crippen LogP contribution in [0.1, 0.15) is 11.1 Å². The lowest BCUT2D eigenvalue weighted by atomic mass is 9.77. The fraction of sp³-hybridized carbons (Fsp3) is 0.333. The molecule has 0 bridgehead atoms. The molecule has 5 rings (SSSR count). The van der Waals surface area contributed by atoms with Crippen LogP contribution in [0, 0.1) is 0 Å². The van der Waals surface area contributed by atoms with Crippen LogP contribution >= 0.6 is 0 Å². The molecule has 5 nitrogen and oxygen atoms in total. The van der Waals surface area contributed by atoms with Crippen LogP contribution in [0.2, 0.25) is 0 Å². The number of hydrogen-bond donors (Lipinski definition) is 1. The average molecular weight is 310 g/mol. The van der Waals surface area contributed by atoms with Crippen molar-refractivity contribution in [2.45, 2.75) is 5.41 Å². The molecule has 0 saturated heterocycles. The van der Waals surface area contributed by atoms with Crippen molar-refractivity contribution in [2.24, 2.45) is 5.73 Å². The zero-order valence-corrected chi connectivity index (χ0v) is 12.7. The first kappa shape index (κ1) is 13.1. The summed E-state index contributed by atoms with van der Waals surface area (Å²) in [6.45, 7) is 3.29. The Hall–Kier alpha value is -2.40. The highest BCUT2D eigenvalue weighted by Crippen LogP contribution is 2.54. The predicted molar refractivity (Wildman–Crippen MR) is 86.5 cm³/mol. The van der Waals surface area contributed by atoms with E-state index in [0.29, 0.717) is 13.2 Å². The molecular weight excluding hydrogens is 292 g/mol. The molecule has 118 valence electrons. The van der Waals surface area contributed by atoms with Gasteiger partial charge in [-0.15, -0.1) is 0 Å². The van der Waals surface area contributed by atoms with Gasteiger partial charge in [-0.05, 0) is 17.7 Å². The van der Waals surface area contributed by atoms with Gasteiger partial charge in [0.1, 0.15) is 12.4 Å². The van der Waals surface area contributed by atoms with Crippen molar-refractivity contribution in [3.05, 3.63) is 47.5 Å². The van der Waals surface area contributed by atoms with Gasteiger partial charge >= 0.3 is 0 Å². The highest BCUT2D eigenvalue weighted by Gasteiger charge is 2.50. The zero-order valence-electron chi connectivity index (χ0n) is 12.7. The first-order chi connectivity index (χ1) is 11.3. The monoisotopic (exact) mass is 310 g/mol. The second-order valence-corrected chi connectivity index (χ2v) is 6.30. The summed E-state index contributed by atoms with van der Waals surface area (Å²) in [5.41, 5.74) is 9.42. The third-order valence-electron chi connectivity index (χ3n) is 5.08. The van der Waals surface area contributed by atoms with Crippen molar-refractivity contribution >= 4 is 5.69 Å². The van der Waals surface area contributed by atoms with Crippen molar-refractivity contribution in [3.8, 4) is 17.2 Å². The van der Waals surface area contributed by atoms with Gasteiger partial charge in [-0.3, -0.25) is 0 Å². The second-order valence-electron chi connectivity index (χ2n) is 6.30. The minimum Gasteiger partial charge on any atom is -0.492 e. The van der Waals surface area contributed by atoms with E-state index < -0.39 is 0 Å². The fourth-order valence-corrected chi connectivity index (χ4v) is 4.05. The summed E-state index contributed by atoms with van der Waals surface area (Å²) < 4.78 is 17.1. The van der Waals surface area contributed by atoms with Crippen molar-refractivity contribution in [3.63, 3.8) is 0 Å². The Bertz CT molecular complexity index is 792. The Morgan fingerprint density at radius 2 is 1.83 bits per heavy atom. The molecule has 3 aliphatic heterocycles. The van der Waals surface area contributed by atoms with Crippen LogP contribution in [0.15, 0.2) is 36.4 Å². The third kappa shape index (κ3) is 1.65. The number of ether oxygens (including phenoxy) is 3. The molecule has 2 aromatic rings. The highest BCUT2D eigenvalue weighted by molar-refractivity contribution is 5.70. The topological polar surface area (TPSA) is 57.0 Å². The standard InChI is InChI=1S/C18H18N2O3/c19-5-6-20-9-18(12-3-1-2-4-14(12)20)10-21-15-8-17-16(7-13(15)18)22-11-23-17/h1-4,7-8H,5-6,9-11,19H2. The molecule has 5 heteroatoms. The summed E-state index contributed by atoms with van der Waals surface area (Å²) in [4.78, 5) is 2.36. The zero-order chi connectivity index (χ0) is 15.4. The molecule has 3 aliphatic rings. The number of anilines is 1. The molecule has 0 aliphatic carbocycles. The van der Waals surface area contributed by atoms with Crippen molar-refractivity contribution in [1.29, 1.82) is 0 Å². The van der Waals surface area contributed by atoms with Crippen LogP contribution in [0.4, 0.5) is 5.69 Å². The van der Waals surface area contributed by atoms with Gasteiger partial charge < -0.3 is 24.8 Å². The van der Waals surface area contributed by atoms with E-state index in [1.54, 1.807) is 0 Å². The van der Waals surface area contributed by atoms with Crippen molar-refractivity contribution in [2.75, 3.05) is 37.9 Å². The number of para-hydroxylation sites is 1. The molecule has 0 aromatic heterocycles. The molecule has 1 spiro atoms. The maximum Gasteiger partial charge on any atom is 0.231 e. The molecule has 0 radical (unpaired) electrons. The van der Waals surface area contributed by atoms with Gasteiger partial charge in [-0.2, -0.15) is 0 Å². The Balaban J connectivity index is 1.68. The van der Waals surface area contributed by atoms with E-state index in [1.165, 1.54) is 16.8 Å². The van der Waals surface area contributed by atoms with Crippen LogP contribution in [0.25, 0.3) is 0 Å². The Morgan fingerprint density at radius 3 is 2.70 bits per heavy atom. The SMILES string of the molecule is NCCN1CC2(COc3cc4c(cc32)OCO4)c2ccccc21. The predicted octanol–water partition coefficient (Wildman–Crippen LogP) is 1.87. The van der Waals surface area contributed by atoms with E-state index in [0.717, 1.165) is 30.3 Å². The average Bonchev–Trinajstić information content (AvgIpc) is 3.25. The summed E-state index contributed by atoms with van der Waals surface area (Å²) in [6.07, 6.45) is 0. The quantitative estimate of drug-likeness (QED) is 0.918. The smallest absolute Gasteiger partial charge is 0.231 e. The molecule has 2 N–H and O–H groups in total. The number of nitrogens with two attached hydrogens (primary N) is 1. The fourth-order valence-electron chi connectivity index (χ4n) is 4.05. The van der Waals surface area contributed by atoms with Gasteiger partial charge in [0.25, 0.3) is 0 Å². The van der Waals surface area contributed by atoms with Crippen molar-refractivity contribution in [1.82, 2.24) is 0 Å². The summed E-state index contributed by atoms with van der Waals surface area (Å²) in [5, 5.41) is 0. The lowest BCUT2D eigenvalue weighted by Crippen LogP contribution is -2.38. The number of benzene rings is 2. The van der Waals surface area contributed by atoms with Crippen LogP contribution in [-0.2, 0) is 5.41 Å². The minimum atomic E-state index is -0.151. The van der Waals surface area contributed by atoms with Crippen LogP contribution in [-0.4, -0.2) is 33.0 Å². The van der Waals surface area contributed by atoms with E-state index in [4.69, 9.17) is 19.9 Å². The Kier molecular flexibility index (Phi) is 2.59. The number of rotatable bonds is 2. The van der Waals surface area contributed by atoms with E-state index in [2.05, 4.69) is 35.2 Å². The van der Waals surface area contributed by atoms with Gasteiger partial charge in [0.05, 0.1) is 5.41 Å². The summed E-state index contributed by atoms with van der Waals surface area (Å²) in [5.74, 6) is 2.48. The largest absolute Gasteiger partial charge is 0.492 e. The van der Waals surface area contributed by atoms with Crippen molar-refractivity contribution < 1.29 is 14.2 Å². The van der Waals surface area contributed by atoms with Gasteiger partial charge in [-0.1, -0.05) is 18.2 Å². The minimum absolute atomic E-state index is 0.151. The third-order valence-corrected chi connectivity index (χ3v) is 5.08. The van der Waals surface area contributed by atoms with E-state index >= 15 is 0 Å². The number of hydrogen-bond acceptors (Lipinski definition) is 5. The molecule has 0 saturated carbocycles. The molecule has 1 unspecified atom stereocenters. The molecule has 2 aromatic carbocycles.